The normalized spacial score (nSPS) is 14.7. The molecule has 22 nitrogen and oxygen atoms in total. The highest BCUT2D eigenvalue weighted by atomic mass is 32.2. The van der Waals surface area contributed by atoms with Gasteiger partial charge in [-0.05, 0) is 100 Å². The van der Waals surface area contributed by atoms with Crippen molar-refractivity contribution in [2.75, 3.05) is 138 Å². The Labute approximate surface area is 656 Å². The molecule has 0 aromatic rings. The van der Waals surface area contributed by atoms with E-state index >= 15 is 0 Å². The molecule has 0 aliphatic carbocycles. The summed E-state index contributed by atoms with van der Waals surface area (Å²) in [7, 11) is 0. The van der Waals surface area contributed by atoms with Crippen molar-refractivity contribution in [3.8, 4) is 0 Å². The van der Waals surface area contributed by atoms with E-state index < -0.39 is 36.0 Å². The first-order valence-corrected chi connectivity index (χ1v) is 45.6. The maximum Gasteiger partial charge on any atom is 0.309 e. The van der Waals surface area contributed by atoms with E-state index in [-0.39, 0.29) is 164 Å². The fourth-order valence-corrected chi connectivity index (χ4v) is 15.7. The van der Waals surface area contributed by atoms with Crippen molar-refractivity contribution in [1.29, 1.82) is 0 Å². The average molecular weight is 1580 g/mol. The predicted molar refractivity (Wildman–Crippen MR) is 430 cm³/mol. The van der Waals surface area contributed by atoms with Gasteiger partial charge >= 0.3 is 47.8 Å². The minimum atomic E-state index is -0.766. The van der Waals surface area contributed by atoms with Crippen molar-refractivity contribution in [3.05, 3.63) is 0 Å². The van der Waals surface area contributed by atoms with Gasteiger partial charge in [0.25, 0.3) is 0 Å². The highest BCUT2D eigenvalue weighted by Gasteiger charge is 2.33. The highest BCUT2D eigenvalue weighted by molar-refractivity contribution is 7.99. The van der Waals surface area contributed by atoms with Crippen LogP contribution in [-0.4, -0.2) is 220 Å². The Balaban J connectivity index is 2.81. The predicted octanol–water partition coefficient (Wildman–Crippen LogP) is 14.7. The molecule has 616 valence electrons. The van der Waals surface area contributed by atoms with Crippen LogP contribution >= 0.6 is 47.0 Å². The van der Waals surface area contributed by atoms with Crippen LogP contribution in [0, 0.1) is 23.7 Å². The molecule has 0 aromatic carbocycles. The van der Waals surface area contributed by atoms with E-state index in [0.717, 1.165) is 48.7 Å². The molecule has 2 N–H and O–H groups in total. The largest absolute Gasteiger partial charge is 0.462 e. The van der Waals surface area contributed by atoms with Gasteiger partial charge in [0.05, 0.1) is 49.4 Å². The average Bonchev–Trinajstić information content (AvgIpc) is 0.849. The molecule has 0 aromatic heterocycles. The van der Waals surface area contributed by atoms with Crippen molar-refractivity contribution in [2.45, 2.75) is 286 Å². The highest BCUT2D eigenvalue weighted by Crippen LogP contribution is 2.20. The second-order valence-corrected chi connectivity index (χ2v) is 32.9. The van der Waals surface area contributed by atoms with Gasteiger partial charge in [0.1, 0.15) is 64.9 Å². The summed E-state index contributed by atoms with van der Waals surface area (Å²) in [6.45, 7) is 17.5. The molecule has 0 spiro atoms. The Morgan fingerprint density at radius 3 is 0.755 bits per heavy atom. The molecule has 1 saturated heterocycles. The van der Waals surface area contributed by atoms with Crippen LogP contribution in [0.25, 0.3) is 0 Å². The number of nitrogens with zero attached hydrogens (tertiary/aromatic N) is 2. The molecular formula is C80H144N4O18S4. The van der Waals surface area contributed by atoms with E-state index in [1.54, 1.807) is 47.0 Å². The quantitative estimate of drug-likeness (QED) is 0.0325. The first-order chi connectivity index (χ1) is 51.3. The Morgan fingerprint density at radius 1 is 0.302 bits per heavy atom. The molecule has 1 aliphatic heterocycles. The van der Waals surface area contributed by atoms with Crippen LogP contribution < -0.4 is 10.6 Å². The second-order valence-electron chi connectivity index (χ2n) is 28.3. The summed E-state index contributed by atoms with van der Waals surface area (Å²) in [5.41, 5.74) is 0. The van der Waals surface area contributed by atoms with Crippen LogP contribution in [0.4, 0.5) is 0 Å². The molecule has 0 radical (unpaired) electrons. The van der Waals surface area contributed by atoms with Crippen molar-refractivity contribution in [2.24, 2.45) is 23.7 Å². The van der Waals surface area contributed by atoms with E-state index in [4.69, 9.17) is 37.9 Å². The van der Waals surface area contributed by atoms with Gasteiger partial charge in [-0.1, -0.05) is 184 Å². The molecule has 26 heteroatoms. The summed E-state index contributed by atoms with van der Waals surface area (Å²) >= 11 is 6.99. The van der Waals surface area contributed by atoms with Crippen LogP contribution in [0.3, 0.4) is 0 Å². The number of thioether (sulfide) groups is 4. The van der Waals surface area contributed by atoms with Gasteiger partial charge in [0, 0.05) is 49.2 Å². The third kappa shape index (κ3) is 58.0. The number of piperazine rings is 1. The number of ether oxygens (including phenoxy) is 8. The number of carbonyl (C=O) groups excluding carboxylic acids is 10. The van der Waals surface area contributed by atoms with Crippen LogP contribution in [-0.2, 0) is 85.8 Å². The number of esters is 8. The summed E-state index contributed by atoms with van der Waals surface area (Å²) in [6, 6.07) is -1.53. The molecule has 106 heavy (non-hydrogen) atoms. The molecular weight excluding hydrogens is 1430 g/mol. The molecule has 6 atom stereocenters. The summed E-state index contributed by atoms with van der Waals surface area (Å²) in [5.74, 6) is 1.62. The van der Waals surface area contributed by atoms with Crippen LogP contribution in [0.15, 0.2) is 0 Å². The Bertz CT molecular complexity index is 2040. The zero-order valence-corrected chi connectivity index (χ0v) is 70.2. The van der Waals surface area contributed by atoms with Gasteiger partial charge in [0.2, 0.25) is 11.8 Å². The third-order valence-electron chi connectivity index (χ3n) is 18.2. The smallest absolute Gasteiger partial charge is 0.309 e. The number of hydrogen-bond donors (Lipinski definition) is 2. The van der Waals surface area contributed by atoms with Crippen LogP contribution in [0.2, 0.25) is 0 Å². The van der Waals surface area contributed by atoms with Crippen molar-refractivity contribution in [3.63, 3.8) is 0 Å². The topological polar surface area (TPSA) is 275 Å². The second kappa shape index (κ2) is 70.2. The lowest BCUT2D eigenvalue weighted by Gasteiger charge is -2.30. The number of unbranched alkanes of at least 4 members (excludes halogenated alkanes) is 22. The van der Waals surface area contributed by atoms with Gasteiger partial charge in [-0.3, -0.25) is 47.9 Å². The molecule has 1 aliphatic rings. The first-order valence-electron chi connectivity index (χ1n) is 41.0. The number of rotatable bonds is 74. The lowest BCUT2D eigenvalue weighted by atomic mass is 10.0. The fraction of sp³-hybridized carbons (Fsp3) is 0.875. The van der Waals surface area contributed by atoms with Gasteiger partial charge in [-0.2, -0.15) is 47.0 Å². The fourth-order valence-electron chi connectivity index (χ4n) is 11.4. The van der Waals surface area contributed by atoms with Crippen LogP contribution in [0.5, 0.6) is 0 Å². The lowest BCUT2D eigenvalue weighted by molar-refractivity contribution is -0.154. The maximum absolute atomic E-state index is 13.5. The number of nitrogens with one attached hydrogen (secondary N) is 2. The van der Waals surface area contributed by atoms with Crippen LogP contribution in [0.1, 0.15) is 274 Å². The van der Waals surface area contributed by atoms with E-state index in [2.05, 4.69) is 38.3 Å². The SMILES string of the molecule is CCCCCCCCSCC(C)C(=O)OCCOC(=O)CCN(CCCCC1NC(=O)C(CCCCN(CCC(=O)OCCOC(=O)C(C)CSCCCCCCCC)CCC(=O)OCCOC(=O)C(C)CSCCCCCCCC)NC1=O)CCC(=O)OCCOC(=O)C(C)CSCCCCCCCC. The molecule has 2 amide bonds. The standard InChI is InChI=1S/C80H144N4O18S4/c1-9-13-17-21-25-33-57-103-61-65(5)77(91)99-53-49-95-71(85)39-45-83(46-40-72(86)96-50-54-100-78(92)66(6)62-104-58-34-26-22-18-14-10-2)43-31-29-37-69-75(89)82-70(76(90)81-69)38-30-32-44-84(47-41-73(87)97-51-55-101-79(93)67(7)63-105-59-35-27-23-19-15-11-3)48-42-74(88)98-52-56-102-80(94)68(8)64-106-60-36-28-24-20-16-12-4/h65-70H,9-64H2,1-8H3,(H,81,90)(H,82,89). The molecule has 0 bridgehead atoms. The zero-order valence-electron chi connectivity index (χ0n) is 66.9. The maximum atomic E-state index is 13.5. The van der Waals surface area contributed by atoms with Gasteiger partial charge < -0.3 is 58.3 Å². The van der Waals surface area contributed by atoms with Crippen molar-refractivity contribution >= 4 is 107 Å². The van der Waals surface area contributed by atoms with E-state index in [0.29, 0.717) is 74.6 Å². The minimum Gasteiger partial charge on any atom is -0.462 e. The van der Waals surface area contributed by atoms with Gasteiger partial charge in [0.15, 0.2) is 0 Å². The number of hydrogen-bond acceptors (Lipinski definition) is 24. The van der Waals surface area contributed by atoms with E-state index in [1.165, 1.54) is 128 Å². The monoisotopic (exact) mass is 1580 g/mol. The van der Waals surface area contributed by atoms with Gasteiger partial charge in [-0.15, -0.1) is 0 Å². The molecule has 1 rings (SSSR count). The lowest BCUT2D eigenvalue weighted by Crippen LogP contribution is -2.61. The molecule has 0 saturated carbocycles. The van der Waals surface area contributed by atoms with E-state index in [1.807, 2.05) is 37.5 Å². The summed E-state index contributed by atoms with van der Waals surface area (Å²) in [5, 5.41) is 5.79. The Morgan fingerprint density at radius 2 is 0.519 bits per heavy atom. The first kappa shape index (κ1) is 100. The summed E-state index contributed by atoms with van der Waals surface area (Å²) in [4.78, 5) is 133. The Hall–Kier alpha value is -3.98. The van der Waals surface area contributed by atoms with Crippen molar-refractivity contribution < 1.29 is 85.8 Å². The molecule has 1 heterocycles. The summed E-state index contributed by atoms with van der Waals surface area (Å²) in [6.07, 6.45) is 32.1. The minimum absolute atomic E-state index is 0.00297. The molecule has 1 fully saturated rings. The van der Waals surface area contributed by atoms with E-state index in [9.17, 15) is 47.9 Å². The van der Waals surface area contributed by atoms with Crippen molar-refractivity contribution in [1.82, 2.24) is 20.4 Å². The summed E-state index contributed by atoms with van der Waals surface area (Å²) < 4.78 is 43.3. The Kier molecular flexibility index (Phi) is 66.2. The molecule has 6 unspecified atom stereocenters. The third-order valence-corrected chi connectivity index (χ3v) is 23.5. The zero-order chi connectivity index (χ0) is 77.9. The number of amides is 2. The van der Waals surface area contributed by atoms with Gasteiger partial charge in [-0.25, -0.2) is 0 Å². The number of carbonyl (C=O) groups is 10.